The number of hydrogen-bond donors (Lipinski definition) is 1. The Hall–Kier alpha value is -2.77. The monoisotopic (exact) mass is 363 g/mol. The first-order valence-corrected chi connectivity index (χ1v) is 8.42. The molecule has 1 aliphatic rings. The molecule has 0 aliphatic carbocycles. The number of primary amides is 1. The van der Waals surface area contributed by atoms with Crippen LogP contribution in [0.3, 0.4) is 0 Å². The van der Waals surface area contributed by atoms with E-state index < -0.39 is 29.7 Å². The molecule has 1 atom stereocenters. The maximum atomic E-state index is 12.3. The van der Waals surface area contributed by atoms with Crippen LogP contribution in [0, 0.1) is 0 Å². The lowest BCUT2D eigenvalue weighted by Gasteiger charge is -2.39. The number of amides is 3. The third-order valence-electron chi connectivity index (χ3n) is 3.80. The molecule has 1 aromatic carbocycles. The van der Waals surface area contributed by atoms with Gasteiger partial charge in [0.15, 0.2) is 0 Å². The van der Waals surface area contributed by atoms with E-state index in [2.05, 4.69) is 0 Å². The Kier molecular flexibility index (Phi) is 6.07. The van der Waals surface area contributed by atoms with Gasteiger partial charge in [-0.2, -0.15) is 0 Å². The van der Waals surface area contributed by atoms with Crippen molar-refractivity contribution in [1.29, 1.82) is 0 Å². The molecule has 0 spiro atoms. The zero-order valence-corrected chi connectivity index (χ0v) is 15.3. The minimum absolute atomic E-state index is 0.0256. The number of carbonyl (C=O) groups is 3. The highest BCUT2D eigenvalue weighted by atomic mass is 16.6. The van der Waals surface area contributed by atoms with Crippen molar-refractivity contribution >= 4 is 18.1 Å². The molecular weight excluding hydrogens is 338 g/mol. The first-order chi connectivity index (χ1) is 12.2. The third kappa shape index (κ3) is 5.37. The molecule has 2 N–H and O–H groups in total. The van der Waals surface area contributed by atoms with E-state index in [0.717, 1.165) is 5.56 Å². The topological polar surface area (TPSA) is 102 Å². The van der Waals surface area contributed by atoms with Gasteiger partial charge < -0.3 is 20.1 Å². The molecule has 1 fully saturated rings. The molecule has 0 aromatic heterocycles. The molecule has 1 aromatic rings. The second-order valence-electron chi connectivity index (χ2n) is 7.08. The first-order valence-electron chi connectivity index (χ1n) is 8.42. The minimum Gasteiger partial charge on any atom is -0.445 e. The highest BCUT2D eigenvalue weighted by Crippen LogP contribution is 2.17. The van der Waals surface area contributed by atoms with Crippen molar-refractivity contribution in [3.63, 3.8) is 0 Å². The summed E-state index contributed by atoms with van der Waals surface area (Å²) in [4.78, 5) is 38.9. The largest absolute Gasteiger partial charge is 0.445 e. The Bertz CT molecular complexity index is 657. The normalized spacial score (nSPS) is 17.6. The van der Waals surface area contributed by atoms with Gasteiger partial charge in [-0.25, -0.2) is 9.59 Å². The van der Waals surface area contributed by atoms with Crippen molar-refractivity contribution < 1.29 is 23.9 Å². The molecule has 2 rings (SSSR count). The smallest absolute Gasteiger partial charge is 0.411 e. The lowest BCUT2D eigenvalue weighted by molar-refractivity contribution is -0.125. The van der Waals surface area contributed by atoms with Crippen LogP contribution in [0.5, 0.6) is 0 Å². The molecule has 0 bridgehead atoms. The molecule has 1 heterocycles. The van der Waals surface area contributed by atoms with Crippen molar-refractivity contribution in [3.05, 3.63) is 35.9 Å². The predicted octanol–water partition coefficient (Wildman–Crippen LogP) is 1.73. The average molecular weight is 363 g/mol. The van der Waals surface area contributed by atoms with E-state index in [1.165, 1.54) is 9.80 Å². The van der Waals surface area contributed by atoms with Crippen LogP contribution in [-0.2, 0) is 20.9 Å². The number of nitrogens with zero attached hydrogens (tertiary/aromatic N) is 2. The van der Waals surface area contributed by atoms with Crippen molar-refractivity contribution in [3.8, 4) is 0 Å². The SMILES string of the molecule is CC(C)(C)OC(=O)N1CCN(C(=O)OCc2ccccc2)CC1C(N)=O. The maximum absolute atomic E-state index is 12.3. The fourth-order valence-electron chi connectivity index (χ4n) is 2.54. The number of rotatable bonds is 3. The highest BCUT2D eigenvalue weighted by molar-refractivity contribution is 5.85. The lowest BCUT2D eigenvalue weighted by atomic mass is 10.1. The van der Waals surface area contributed by atoms with Gasteiger partial charge in [-0.1, -0.05) is 30.3 Å². The van der Waals surface area contributed by atoms with Crippen LogP contribution in [0.1, 0.15) is 26.3 Å². The van der Waals surface area contributed by atoms with E-state index >= 15 is 0 Å². The van der Waals surface area contributed by atoms with E-state index in [-0.39, 0.29) is 26.2 Å². The average Bonchev–Trinajstić information content (AvgIpc) is 2.58. The fraction of sp³-hybridized carbons (Fsp3) is 0.500. The Morgan fingerprint density at radius 2 is 1.77 bits per heavy atom. The first kappa shape index (κ1) is 19.6. The zero-order valence-electron chi connectivity index (χ0n) is 15.3. The summed E-state index contributed by atoms with van der Waals surface area (Å²) in [6.45, 7) is 5.69. The Balaban J connectivity index is 1.96. The number of hydrogen-bond acceptors (Lipinski definition) is 5. The van der Waals surface area contributed by atoms with Gasteiger partial charge in [-0.05, 0) is 26.3 Å². The van der Waals surface area contributed by atoms with E-state index in [9.17, 15) is 14.4 Å². The highest BCUT2D eigenvalue weighted by Gasteiger charge is 2.38. The molecular formula is C18H25N3O5. The van der Waals surface area contributed by atoms with Crippen molar-refractivity contribution in [1.82, 2.24) is 9.80 Å². The molecule has 3 amide bonds. The van der Waals surface area contributed by atoms with E-state index in [4.69, 9.17) is 15.2 Å². The second kappa shape index (κ2) is 8.07. The minimum atomic E-state index is -0.956. The number of piperazine rings is 1. The number of carbonyl (C=O) groups excluding carboxylic acids is 3. The second-order valence-corrected chi connectivity index (χ2v) is 7.08. The Morgan fingerprint density at radius 3 is 2.35 bits per heavy atom. The molecule has 8 nitrogen and oxygen atoms in total. The van der Waals surface area contributed by atoms with Gasteiger partial charge >= 0.3 is 12.2 Å². The quantitative estimate of drug-likeness (QED) is 0.881. The lowest BCUT2D eigenvalue weighted by Crippen LogP contribution is -2.61. The molecule has 1 aliphatic heterocycles. The summed E-state index contributed by atoms with van der Waals surface area (Å²) in [5.41, 5.74) is 5.59. The van der Waals surface area contributed by atoms with Crippen LogP contribution < -0.4 is 5.73 Å². The fourth-order valence-corrected chi connectivity index (χ4v) is 2.54. The van der Waals surface area contributed by atoms with Crippen LogP contribution in [0.2, 0.25) is 0 Å². The van der Waals surface area contributed by atoms with Gasteiger partial charge in [0.25, 0.3) is 0 Å². The van der Waals surface area contributed by atoms with E-state index in [1.54, 1.807) is 20.8 Å². The molecule has 8 heteroatoms. The van der Waals surface area contributed by atoms with Crippen molar-refractivity contribution in [2.24, 2.45) is 5.73 Å². The number of nitrogens with two attached hydrogens (primary N) is 1. The van der Waals surface area contributed by atoms with E-state index in [1.807, 2.05) is 30.3 Å². The van der Waals surface area contributed by atoms with Crippen LogP contribution >= 0.6 is 0 Å². The maximum Gasteiger partial charge on any atom is 0.411 e. The summed E-state index contributed by atoms with van der Waals surface area (Å²) in [5, 5.41) is 0. The summed E-state index contributed by atoms with van der Waals surface area (Å²) < 4.78 is 10.6. The van der Waals surface area contributed by atoms with Gasteiger partial charge in [0.1, 0.15) is 18.2 Å². The third-order valence-corrected chi connectivity index (χ3v) is 3.80. The van der Waals surface area contributed by atoms with Crippen LogP contribution in [0.25, 0.3) is 0 Å². The number of benzene rings is 1. The molecule has 0 saturated carbocycles. The van der Waals surface area contributed by atoms with Gasteiger partial charge in [0, 0.05) is 13.1 Å². The summed E-state index contributed by atoms with van der Waals surface area (Å²) >= 11 is 0. The summed E-state index contributed by atoms with van der Waals surface area (Å²) in [5.74, 6) is -0.698. The van der Waals surface area contributed by atoms with E-state index in [0.29, 0.717) is 0 Å². The van der Waals surface area contributed by atoms with Crippen LogP contribution in [-0.4, -0.2) is 59.2 Å². The summed E-state index contributed by atoms with van der Waals surface area (Å²) in [7, 11) is 0. The molecule has 1 unspecified atom stereocenters. The van der Waals surface area contributed by atoms with Gasteiger partial charge in [0.05, 0.1) is 6.54 Å². The molecule has 142 valence electrons. The summed E-state index contributed by atoms with van der Waals surface area (Å²) in [6.07, 6.45) is -1.18. The van der Waals surface area contributed by atoms with Crippen LogP contribution in [0.15, 0.2) is 30.3 Å². The van der Waals surface area contributed by atoms with Gasteiger partial charge in [-0.3, -0.25) is 9.69 Å². The predicted molar refractivity (Wildman–Crippen MR) is 94.1 cm³/mol. The van der Waals surface area contributed by atoms with Crippen molar-refractivity contribution in [2.75, 3.05) is 19.6 Å². The summed E-state index contributed by atoms with van der Waals surface area (Å²) in [6, 6.07) is 8.32. The molecule has 0 radical (unpaired) electrons. The Labute approximate surface area is 152 Å². The molecule has 26 heavy (non-hydrogen) atoms. The van der Waals surface area contributed by atoms with Crippen molar-refractivity contribution in [2.45, 2.75) is 39.0 Å². The van der Waals surface area contributed by atoms with Crippen LogP contribution in [0.4, 0.5) is 9.59 Å². The van der Waals surface area contributed by atoms with Gasteiger partial charge in [0.2, 0.25) is 5.91 Å². The zero-order chi connectivity index (χ0) is 19.3. The molecule has 1 saturated heterocycles. The number of ether oxygens (including phenoxy) is 2. The van der Waals surface area contributed by atoms with Gasteiger partial charge in [-0.15, -0.1) is 0 Å². The standard InChI is InChI=1S/C18H25N3O5/c1-18(2,3)26-17(24)21-10-9-20(11-14(21)15(19)22)16(23)25-12-13-7-5-4-6-8-13/h4-8,14H,9-12H2,1-3H3,(H2,19,22). The Morgan fingerprint density at radius 1 is 1.12 bits per heavy atom.